The second kappa shape index (κ2) is 5.36. The number of ether oxygens (including phenoxy) is 1. The van der Waals surface area contributed by atoms with Crippen molar-refractivity contribution in [3.8, 4) is 0 Å². The average molecular weight is 260 g/mol. The molecule has 0 aliphatic heterocycles. The van der Waals surface area contributed by atoms with Gasteiger partial charge in [0.05, 0.1) is 5.02 Å². The van der Waals surface area contributed by atoms with Crippen LogP contribution in [0.5, 0.6) is 0 Å². The summed E-state index contributed by atoms with van der Waals surface area (Å²) >= 11 is 5.54. The van der Waals surface area contributed by atoms with Crippen molar-refractivity contribution < 1.29 is 13.9 Å². The topological polar surface area (TPSA) is 38.3 Å². The van der Waals surface area contributed by atoms with Gasteiger partial charge >= 0.3 is 5.97 Å². The van der Waals surface area contributed by atoms with Crippen LogP contribution in [-0.2, 0) is 9.53 Å². The molecule has 3 nitrogen and oxygen atoms in total. The second-order valence-corrected chi connectivity index (χ2v) is 4.98. The van der Waals surface area contributed by atoms with Gasteiger partial charge in [-0.05, 0) is 39.0 Å². The van der Waals surface area contributed by atoms with E-state index in [4.69, 9.17) is 16.3 Å². The SMILES string of the molecule is CC(C)(C)OC(=O)CNc1ccc(Cl)c(F)c1. The summed E-state index contributed by atoms with van der Waals surface area (Å²) in [4.78, 5) is 11.4. The Bertz CT molecular complexity index is 415. The molecule has 94 valence electrons. The maximum Gasteiger partial charge on any atom is 0.325 e. The summed E-state index contributed by atoms with van der Waals surface area (Å²) in [5, 5.41) is 2.81. The highest BCUT2D eigenvalue weighted by molar-refractivity contribution is 6.30. The molecule has 0 aromatic heterocycles. The summed E-state index contributed by atoms with van der Waals surface area (Å²) in [7, 11) is 0. The first kappa shape index (κ1) is 13.8. The normalized spacial score (nSPS) is 11.1. The van der Waals surface area contributed by atoms with E-state index in [0.717, 1.165) is 0 Å². The summed E-state index contributed by atoms with van der Waals surface area (Å²) < 4.78 is 18.2. The maximum atomic E-state index is 13.1. The molecular formula is C12H15ClFNO2. The maximum absolute atomic E-state index is 13.1. The molecule has 0 aliphatic rings. The van der Waals surface area contributed by atoms with E-state index < -0.39 is 17.4 Å². The highest BCUT2D eigenvalue weighted by atomic mass is 35.5. The Kier molecular flexibility index (Phi) is 4.34. The fourth-order valence-corrected chi connectivity index (χ4v) is 1.28. The van der Waals surface area contributed by atoms with Crippen LogP contribution in [0.4, 0.5) is 10.1 Å². The number of benzene rings is 1. The average Bonchev–Trinajstić information content (AvgIpc) is 2.17. The van der Waals surface area contributed by atoms with Crippen LogP contribution in [0.1, 0.15) is 20.8 Å². The molecule has 0 radical (unpaired) electrons. The van der Waals surface area contributed by atoms with Gasteiger partial charge < -0.3 is 10.1 Å². The van der Waals surface area contributed by atoms with Crippen molar-refractivity contribution in [2.75, 3.05) is 11.9 Å². The fraction of sp³-hybridized carbons (Fsp3) is 0.417. The van der Waals surface area contributed by atoms with E-state index >= 15 is 0 Å². The number of carbonyl (C=O) groups is 1. The number of nitrogens with one attached hydrogen (secondary N) is 1. The molecule has 1 rings (SSSR count). The highest BCUT2D eigenvalue weighted by Crippen LogP contribution is 2.18. The molecule has 17 heavy (non-hydrogen) atoms. The zero-order valence-corrected chi connectivity index (χ0v) is 10.8. The molecule has 0 fully saturated rings. The molecule has 5 heteroatoms. The lowest BCUT2D eigenvalue weighted by atomic mass is 10.2. The third-order valence-electron chi connectivity index (χ3n) is 1.78. The van der Waals surface area contributed by atoms with E-state index in [9.17, 15) is 9.18 Å². The molecule has 0 aliphatic carbocycles. The fourth-order valence-electron chi connectivity index (χ4n) is 1.16. The van der Waals surface area contributed by atoms with Crippen molar-refractivity contribution >= 4 is 23.3 Å². The number of carbonyl (C=O) groups excluding carboxylic acids is 1. The van der Waals surface area contributed by atoms with Gasteiger partial charge in [-0.2, -0.15) is 0 Å². The van der Waals surface area contributed by atoms with E-state index in [1.807, 2.05) is 0 Å². The predicted octanol–water partition coefficient (Wildman–Crippen LogP) is 3.23. The Balaban J connectivity index is 2.50. The van der Waals surface area contributed by atoms with Gasteiger partial charge in [-0.25, -0.2) is 4.39 Å². The molecule has 0 spiro atoms. The van der Waals surface area contributed by atoms with Gasteiger partial charge in [-0.1, -0.05) is 11.6 Å². The van der Waals surface area contributed by atoms with E-state index in [1.165, 1.54) is 12.1 Å². The van der Waals surface area contributed by atoms with Crippen molar-refractivity contribution in [1.82, 2.24) is 0 Å². The molecule has 1 aromatic carbocycles. The monoisotopic (exact) mass is 259 g/mol. The van der Waals surface area contributed by atoms with Crippen LogP contribution in [0, 0.1) is 5.82 Å². The first-order valence-electron chi connectivity index (χ1n) is 5.19. The lowest BCUT2D eigenvalue weighted by Crippen LogP contribution is -2.28. The minimum Gasteiger partial charge on any atom is -0.459 e. The van der Waals surface area contributed by atoms with Gasteiger partial charge in [0.1, 0.15) is 18.0 Å². The Morgan fingerprint density at radius 1 is 1.47 bits per heavy atom. The molecule has 0 amide bonds. The number of anilines is 1. The Labute approximate surface area is 105 Å². The zero-order chi connectivity index (χ0) is 13.1. The molecular weight excluding hydrogens is 245 g/mol. The Hall–Kier alpha value is -1.29. The summed E-state index contributed by atoms with van der Waals surface area (Å²) in [6.45, 7) is 5.34. The van der Waals surface area contributed by atoms with Crippen molar-refractivity contribution in [2.24, 2.45) is 0 Å². The molecule has 1 N–H and O–H groups in total. The summed E-state index contributed by atoms with van der Waals surface area (Å²) in [6, 6.07) is 4.25. The van der Waals surface area contributed by atoms with Crippen molar-refractivity contribution in [1.29, 1.82) is 0 Å². The molecule has 0 atom stereocenters. The third kappa shape index (κ3) is 5.04. The van der Waals surface area contributed by atoms with E-state index in [-0.39, 0.29) is 11.6 Å². The van der Waals surface area contributed by atoms with Crippen LogP contribution >= 0.6 is 11.6 Å². The molecule has 0 bridgehead atoms. The molecule has 0 saturated carbocycles. The standard InChI is InChI=1S/C12H15ClFNO2/c1-12(2,3)17-11(16)7-15-8-4-5-9(13)10(14)6-8/h4-6,15H,7H2,1-3H3. The summed E-state index contributed by atoms with van der Waals surface area (Å²) in [5.41, 5.74) is -0.0398. The minimum absolute atomic E-state index is 0.0155. The van der Waals surface area contributed by atoms with E-state index in [2.05, 4.69) is 5.32 Å². The second-order valence-electron chi connectivity index (χ2n) is 4.57. The predicted molar refractivity (Wildman–Crippen MR) is 65.7 cm³/mol. The number of halogens is 2. The largest absolute Gasteiger partial charge is 0.459 e. The summed E-state index contributed by atoms with van der Waals surface area (Å²) in [6.07, 6.45) is 0. The Morgan fingerprint density at radius 2 is 2.12 bits per heavy atom. The van der Waals surface area contributed by atoms with Crippen LogP contribution in [0.2, 0.25) is 5.02 Å². The van der Waals surface area contributed by atoms with Gasteiger partial charge in [0.15, 0.2) is 0 Å². The number of esters is 1. The first-order valence-corrected chi connectivity index (χ1v) is 5.56. The van der Waals surface area contributed by atoms with Crippen molar-refractivity contribution in [3.05, 3.63) is 29.0 Å². The lowest BCUT2D eigenvalue weighted by Gasteiger charge is -2.19. The van der Waals surface area contributed by atoms with Gasteiger partial charge in [-0.3, -0.25) is 4.79 Å². The Morgan fingerprint density at radius 3 is 2.65 bits per heavy atom. The van der Waals surface area contributed by atoms with Gasteiger partial charge in [0, 0.05) is 5.69 Å². The zero-order valence-electron chi connectivity index (χ0n) is 10.0. The summed E-state index contributed by atoms with van der Waals surface area (Å²) in [5.74, 6) is -0.922. The van der Waals surface area contributed by atoms with E-state index in [0.29, 0.717) is 5.69 Å². The van der Waals surface area contributed by atoms with Crippen molar-refractivity contribution in [3.63, 3.8) is 0 Å². The van der Waals surface area contributed by atoms with Crippen LogP contribution in [0.3, 0.4) is 0 Å². The van der Waals surface area contributed by atoms with Gasteiger partial charge in [-0.15, -0.1) is 0 Å². The third-order valence-corrected chi connectivity index (χ3v) is 2.08. The highest BCUT2D eigenvalue weighted by Gasteiger charge is 2.15. The van der Waals surface area contributed by atoms with Crippen LogP contribution in [0.25, 0.3) is 0 Å². The first-order chi connectivity index (χ1) is 7.78. The van der Waals surface area contributed by atoms with Crippen LogP contribution < -0.4 is 5.32 Å². The minimum atomic E-state index is -0.527. The molecule has 0 unspecified atom stereocenters. The van der Waals surface area contributed by atoms with Crippen molar-refractivity contribution in [2.45, 2.75) is 26.4 Å². The quantitative estimate of drug-likeness (QED) is 0.847. The number of hydrogen-bond acceptors (Lipinski definition) is 3. The molecule has 0 heterocycles. The lowest BCUT2D eigenvalue weighted by molar-refractivity contribution is -0.152. The number of hydrogen-bond donors (Lipinski definition) is 1. The van der Waals surface area contributed by atoms with E-state index in [1.54, 1.807) is 26.8 Å². The smallest absolute Gasteiger partial charge is 0.325 e. The van der Waals surface area contributed by atoms with Gasteiger partial charge in [0.25, 0.3) is 0 Å². The number of rotatable bonds is 3. The molecule has 0 saturated heterocycles. The van der Waals surface area contributed by atoms with Gasteiger partial charge in [0.2, 0.25) is 0 Å². The van der Waals surface area contributed by atoms with Crippen LogP contribution in [-0.4, -0.2) is 18.1 Å². The molecule has 1 aromatic rings. The van der Waals surface area contributed by atoms with Crippen LogP contribution in [0.15, 0.2) is 18.2 Å².